The summed E-state index contributed by atoms with van der Waals surface area (Å²) in [7, 11) is 0. The molecule has 0 aliphatic carbocycles. The number of nitrogens with one attached hydrogen (secondary N) is 1. The molecule has 5 heteroatoms. The summed E-state index contributed by atoms with van der Waals surface area (Å²) in [6.07, 6.45) is 1.40. The maximum atomic E-state index is 5.97. The van der Waals surface area contributed by atoms with E-state index in [4.69, 9.17) is 9.15 Å². The van der Waals surface area contributed by atoms with Gasteiger partial charge < -0.3 is 14.5 Å². The number of aromatic nitrogens is 1. The van der Waals surface area contributed by atoms with Gasteiger partial charge in [-0.25, -0.2) is 4.98 Å². The number of furan rings is 1. The van der Waals surface area contributed by atoms with Gasteiger partial charge in [-0.05, 0) is 26.0 Å². The van der Waals surface area contributed by atoms with Crippen molar-refractivity contribution in [2.45, 2.75) is 26.1 Å². The zero-order valence-electron chi connectivity index (χ0n) is 12.5. The van der Waals surface area contributed by atoms with Gasteiger partial charge in [0.05, 0.1) is 12.7 Å². The first kappa shape index (κ1) is 13.9. The van der Waals surface area contributed by atoms with Crippen molar-refractivity contribution in [3.8, 4) is 11.5 Å². The van der Waals surface area contributed by atoms with Crippen molar-refractivity contribution in [3.63, 3.8) is 0 Å². The molecule has 4 nitrogen and oxygen atoms in total. The first-order valence-corrected chi connectivity index (χ1v) is 8.44. The topological polar surface area (TPSA) is 47.3 Å². The second-order valence-corrected chi connectivity index (χ2v) is 6.55. The number of para-hydroxylation sites is 1. The molecule has 1 fully saturated rings. The summed E-state index contributed by atoms with van der Waals surface area (Å²) in [6.45, 7) is 4.66. The van der Waals surface area contributed by atoms with Crippen LogP contribution in [-0.2, 0) is 11.3 Å². The number of thiazole rings is 1. The molecule has 4 rings (SSSR count). The summed E-state index contributed by atoms with van der Waals surface area (Å²) >= 11 is 1.63. The molecule has 1 atom stereocenters. The van der Waals surface area contributed by atoms with Crippen LogP contribution in [0.3, 0.4) is 0 Å². The molecule has 1 aliphatic rings. The number of ether oxygens (including phenoxy) is 1. The molecule has 0 bridgehead atoms. The monoisotopic (exact) mass is 314 g/mol. The van der Waals surface area contributed by atoms with E-state index in [1.807, 2.05) is 18.2 Å². The Morgan fingerprint density at radius 3 is 3.14 bits per heavy atom. The molecular weight excluding hydrogens is 296 g/mol. The van der Waals surface area contributed by atoms with Gasteiger partial charge in [0.25, 0.3) is 0 Å². The van der Waals surface area contributed by atoms with Crippen LogP contribution in [-0.4, -0.2) is 24.2 Å². The van der Waals surface area contributed by atoms with Crippen LogP contribution in [0.5, 0.6) is 0 Å². The molecule has 1 saturated heterocycles. The van der Waals surface area contributed by atoms with Gasteiger partial charge in [0.2, 0.25) is 0 Å². The van der Waals surface area contributed by atoms with Crippen molar-refractivity contribution in [3.05, 3.63) is 40.2 Å². The van der Waals surface area contributed by atoms with Gasteiger partial charge in [0.15, 0.2) is 5.76 Å². The Labute approximate surface area is 133 Å². The standard InChI is InChI=1S/C17H18N2O2S/c1-11-13-4-2-3-5-15(13)21-17(11)14-10-22-16(19-14)9-20-12-6-7-18-8-12/h2-5,10,12,18H,6-9H2,1H3. The second kappa shape index (κ2) is 5.83. The number of aryl methyl sites for hydroxylation is 1. The number of hydrogen-bond acceptors (Lipinski definition) is 5. The zero-order valence-corrected chi connectivity index (χ0v) is 13.3. The van der Waals surface area contributed by atoms with E-state index in [9.17, 15) is 0 Å². The quantitative estimate of drug-likeness (QED) is 0.797. The summed E-state index contributed by atoms with van der Waals surface area (Å²) in [5, 5.41) is 7.51. The van der Waals surface area contributed by atoms with Crippen LogP contribution in [0.25, 0.3) is 22.4 Å². The third-order valence-electron chi connectivity index (χ3n) is 4.09. The van der Waals surface area contributed by atoms with E-state index in [-0.39, 0.29) is 0 Å². The molecule has 1 unspecified atom stereocenters. The predicted molar refractivity (Wildman–Crippen MR) is 88.1 cm³/mol. The average Bonchev–Trinajstić information content (AvgIpc) is 3.25. The van der Waals surface area contributed by atoms with E-state index in [2.05, 4.69) is 28.7 Å². The van der Waals surface area contributed by atoms with Crippen LogP contribution in [0, 0.1) is 6.92 Å². The fourth-order valence-electron chi connectivity index (χ4n) is 2.86. The fourth-order valence-corrected chi connectivity index (χ4v) is 3.55. The van der Waals surface area contributed by atoms with E-state index in [1.54, 1.807) is 11.3 Å². The van der Waals surface area contributed by atoms with Crippen LogP contribution >= 0.6 is 11.3 Å². The summed E-state index contributed by atoms with van der Waals surface area (Å²) in [5.41, 5.74) is 2.97. The second-order valence-electron chi connectivity index (χ2n) is 5.60. The molecule has 1 aromatic carbocycles. The first-order valence-electron chi connectivity index (χ1n) is 7.56. The lowest BCUT2D eigenvalue weighted by molar-refractivity contribution is 0.0541. The Balaban J connectivity index is 1.55. The number of rotatable bonds is 4. The molecule has 22 heavy (non-hydrogen) atoms. The van der Waals surface area contributed by atoms with E-state index in [1.165, 1.54) is 0 Å². The minimum absolute atomic E-state index is 0.320. The van der Waals surface area contributed by atoms with Crippen molar-refractivity contribution in [2.75, 3.05) is 13.1 Å². The van der Waals surface area contributed by atoms with Gasteiger partial charge in [-0.3, -0.25) is 0 Å². The zero-order chi connectivity index (χ0) is 14.9. The minimum atomic E-state index is 0.320. The highest BCUT2D eigenvalue weighted by molar-refractivity contribution is 7.09. The molecule has 3 heterocycles. The van der Waals surface area contributed by atoms with Gasteiger partial charge in [0.1, 0.15) is 16.3 Å². The Bertz CT molecular complexity index is 787. The van der Waals surface area contributed by atoms with E-state index < -0.39 is 0 Å². The number of benzene rings is 1. The van der Waals surface area contributed by atoms with Crippen molar-refractivity contribution in [1.82, 2.24) is 10.3 Å². The largest absolute Gasteiger partial charge is 0.454 e. The lowest BCUT2D eigenvalue weighted by atomic mass is 10.1. The molecule has 2 aromatic heterocycles. The molecule has 3 aromatic rings. The molecule has 0 amide bonds. The van der Waals surface area contributed by atoms with Crippen LogP contribution in [0.2, 0.25) is 0 Å². The Morgan fingerprint density at radius 2 is 2.32 bits per heavy atom. The minimum Gasteiger partial charge on any atom is -0.454 e. The van der Waals surface area contributed by atoms with Gasteiger partial charge in [0, 0.05) is 22.9 Å². The smallest absolute Gasteiger partial charge is 0.157 e. The molecule has 1 aliphatic heterocycles. The molecule has 0 saturated carbocycles. The summed E-state index contributed by atoms with van der Waals surface area (Å²) in [5.74, 6) is 0.867. The van der Waals surface area contributed by atoms with Gasteiger partial charge in [-0.15, -0.1) is 11.3 Å². The first-order chi connectivity index (χ1) is 10.8. The van der Waals surface area contributed by atoms with Crippen molar-refractivity contribution >= 4 is 22.3 Å². The van der Waals surface area contributed by atoms with E-state index in [0.29, 0.717) is 12.7 Å². The summed E-state index contributed by atoms with van der Waals surface area (Å²) < 4.78 is 11.9. The normalized spacial score (nSPS) is 18.3. The predicted octanol–water partition coefficient (Wildman–Crippen LogP) is 3.74. The molecule has 0 radical (unpaired) electrons. The third-order valence-corrected chi connectivity index (χ3v) is 4.91. The highest BCUT2D eigenvalue weighted by atomic mass is 32.1. The highest BCUT2D eigenvalue weighted by Gasteiger charge is 2.17. The van der Waals surface area contributed by atoms with Gasteiger partial charge in [-0.1, -0.05) is 18.2 Å². The van der Waals surface area contributed by atoms with Crippen LogP contribution in [0.15, 0.2) is 34.1 Å². The molecule has 114 valence electrons. The average molecular weight is 314 g/mol. The SMILES string of the molecule is Cc1c(-c2csc(COC3CCNC3)n2)oc2ccccc12. The van der Waals surface area contributed by atoms with Crippen LogP contribution < -0.4 is 5.32 Å². The van der Waals surface area contributed by atoms with Crippen LogP contribution in [0.1, 0.15) is 17.0 Å². The number of hydrogen-bond donors (Lipinski definition) is 1. The van der Waals surface area contributed by atoms with Crippen molar-refractivity contribution in [1.29, 1.82) is 0 Å². The van der Waals surface area contributed by atoms with E-state index >= 15 is 0 Å². The third kappa shape index (κ3) is 2.56. The summed E-state index contributed by atoms with van der Waals surface area (Å²) in [4.78, 5) is 4.68. The maximum absolute atomic E-state index is 5.97. The molecular formula is C17H18N2O2S. The van der Waals surface area contributed by atoms with Gasteiger partial charge >= 0.3 is 0 Å². The lowest BCUT2D eigenvalue weighted by Crippen LogP contribution is -2.16. The van der Waals surface area contributed by atoms with Gasteiger partial charge in [-0.2, -0.15) is 0 Å². The Hall–Kier alpha value is -1.69. The van der Waals surface area contributed by atoms with Crippen molar-refractivity contribution in [2.24, 2.45) is 0 Å². The Kier molecular flexibility index (Phi) is 3.70. The highest BCUT2D eigenvalue weighted by Crippen LogP contribution is 2.33. The number of fused-ring (bicyclic) bond motifs is 1. The molecule has 0 spiro atoms. The van der Waals surface area contributed by atoms with E-state index in [0.717, 1.165) is 52.5 Å². The molecule has 1 N–H and O–H groups in total. The fraction of sp³-hybridized carbons (Fsp3) is 0.353. The number of nitrogens with zero attached hydrogens (tertiary/aromatic N) is 1. The van der Waals surface area contributed by atoms with Crippen molar-refractivity contribution < 1.29 is 9.15 Å². The summed E-state index contributed by atoms with van der Waals surface area (Å²) in [6, 6.07) is 8.10. The lowest BCUT2D eigenvalue weighted by Gasteiger charge is -2.07. The van der Waals surface area contributed by atoms with Crippen LogP contribution in [0.4, 0.5) is 0 Å². The maximum Gasteiger partial charge on any atom is 0.157 e. The Morgan fingerprint density at radius 1 is 1.41 bits per heavy atom.